The maximum Gasteiger partial charge on any atom is 0.128 e. The van der Waals surface area contributed by atoms with Gasteiger partial charge in [0.1, 0.15) is 5.75 Å². The zero-order valence-corrected chi connectivity index (χ0v) is 8.37. The first-order valence-corrected chi connectivity index (χ1v) is 4.65. The second-order valence-electron chi connectivity index (χ2n) is 3.48. The van der Waals surface area contributed by atoms with Crippen LogP contribution >= 0.6 is 0 Å². The fraction of sp³-hybridized carbons (Fsp3) is 0.364. The maximum absolute atomic E-state index is 8.86. The molecule has 0 radical (unpaired) electrons. The van der Waals surface area contributed by atoms with Crippen LogP contribution in [0.15, 0.2) is 17.3 Å². The molecular formula is C11H13NO2. The van der Waals surface area contributed by atoms with Crippen LogP contribution < -0.4 is 4.74 Å². The van der Waals surface area contributed by atoms with E-state index >= 15 is 0 Å². The average molecular weight is 191 g/mol. The number of hydrogen-bond acceptors (Lipinski definition) is 3. The molecule has 1 aromatic rings. The normalized spacial score (nSPS) is 17.1. The Morgan fingerprint density at radius 1 is 1.36 bits per heavy atom. The van der Waals surface area contributed by atoms with Gasteiger partial charge in [0.2, 0.25) is 0 Å². The lowest BCUT2D eigenvalue weighted by Gasteiger charge is -2.08. The third kappa shape index (κ3) is 1.16. The number of methoxy groups -OCH3 is 1. The highest BCUT2D eigenvalue weighted by Crippen LogP contribution is 2.33. The van der Waals surface area contributed by atoms with Gasteiger partial charge in [-0.15, -0.1) is 0 Å². The van der Waals surface area contributed by atoms with Crippen LogP contribution in [0.2, 0.25) is 0 Å². The van der Waals surface area contributed by atoms with E-state index in [2.05, 4.69) is 12.1 Å². The monoisotopic (exact) mass is 191 g/mol. The largest absolute Gasteiger partial charge is 0.496 e. The van der Waals surface area contributed by atoms with Gasteiger partial charge in [-0.25, -0.2) is 0 Å². The summed E-state index contributed by atoms with van der Waals surface area (Å²) in [7, 11) is 1.64. The van der Waals surface area contributed by atoms with E-state index < -0.39 is 0 Å². The number of fused-ring (bicyclic) bond motifs is 1. The molecule has 0 aromatic heterocycles. The highest BCUT2D eigenvalue weighted by Gasteiger charge is 2.23. The number of rotatable bonds is 1. The Balaban J connectivity index is 2.66. The third-order valence-electron chi connectivity index (χ3n) is 2.75. The molecule has 1 aromatic carbocycles. The quantitative estimate of drug-likeness (QED) is 0.545. The second kappa shape index (κ2) is 3.33. The van der Waals surface area contributed by atoms with Crippen molar-refractivity contribution in [3.05, 3.63) is 28.8 Å². The summed E-state index contributed by atoms with van der Waals surface area (Å²) >= 11 is 0. The van der Waals surface area contributed by atoms with Gasteiger partial charge in [-0.05, 0) is 37.0 Å². The van der Waals surface area contributed by atoms with Crippen molar-refractivity contribution in [3.63, 3.8) is 0 Å². The smallest absolute Gasteiger partial charge is 0.128 e. The summed E-state index contributed by atoms with van der Waals surface area (Å²) in [6, 6.07) is 3.96. The van der Waals surface area contributed by atoms with Gasteiger partial charge in [0, 0.05) is 5.56 Å². The predicted molar refractivity (Wildman–Crippen MR) is 54.4 cm³/mol. The lowest BCUT2D eigenvalue weighted by atomic mass is 10.0. The summed E-state index contributed by atoms with van der Waals surface area (Å²) in [5, 5.41) is 12.2. The summed E-state index contributed by atoms with van der Waals surface area (Å²) in [5.74, 6) is 0.802. The van der Waals surface area contributed by atoms with Crippen molar-refractivity contribution in [3.8, 4) is 5.75 Å². The SMILES string of the molecule is COc1ccc(C)c2c1/C(=N/O)CC2. The fourth-order valence-electron chi connectivity index (χ4n) is 2.01. The molecule has 0 fully saturated rings. The summed E-state index contributed by atoms with van der Waals surface area (Å²) in [6.45, 7) is 2.07. The van der Waals surface area contributed by atoms with E-state index in [0.29, 0.717) is 0 Å². The van der Waals surface area contributed by atoms with Gasteiger partial charge in [-0.1, -0.05) is 11.2 Å². The van der Waals surface area contributed by atoms with E-state index in [0.717, 1.165) is 29.9 Å². The minimum atomic E-state index is 0.737. The van der Waals surface area contributed by atoms with E-state index in [-0.39, 0.29) is 0 Å². The molecule has 0 spiro atoms. The van der Waals surface area contributed by atoms with E-state index in [4.69, 9.17) is 9.94 Å². The van der Waals surface area contributed by atoms with Gasteiger partial charge in [-0.3, -0.25) is 0 Å². The number of hydrogen-bond donors (Lipinski definition) is 1. The topological polar surface area (TPSA) is 41.8 Å². The van der Waals surface area contributed by atoms with Crippen LogP contribution in [-0.2, 0) is 6.42 Å². The molecule has 0 saturated heterocycles. The first-order valence-electron chi connectivity index (χ1n) is 4.65. The van der Waals surface area contributed by atoms with Gasteiger partial charge >= 0.3 is 0 Å². The first kappa shape index (κ1) is 9.06. The van der Waals surface area contributed by atoms with Crippen molar-refractivity contribution in [1.82, 2.24) is 0 Å². The minimum absolute atomic E-state index is 0.737. The highest BCUT2D eigenvalue weighted by molar-refractivity contribution is 6.06. The number of oxime groups is 1. The summed E-state index contributed by atoms with van der Waals surface area (Å²) < 4.78 is 5.25. The van der Waals surface area contributed by atoms with Gasteiger partial charge in [0.25, 0.3) is 0 Å². The Morgan fingerprint density at radius 2 is 2.14 bits per heavy atom. The van der Waals surface area contributed by atoms with Crippen molar-refractivity contribution in [2.24, 2.45) is 5.16 Å². The zero-order chi connectivity index (χ0) is 10.1. The number of benzene rings is 1. The van der Waals surface area contributed by atoms with E-state index in [1.54, 1.807) is 7.11 Å². The molecule has 3 nitrogen and oxygen atoms in total. The van der Waals surface area contributed by atoms with Crippen molar-refractivity contribution >= 4 is 5.71 Å². The Kier molecular flexibility index (Phi) is 2.15. The van der Waals surface area contributed by atoms with Gasteiger partial charge < -0.3 is 9.94 Å². The molecule has 0 amide bonds. The molecule has 0 bridgehead atoms. The summed E-state index contributed by atoms with van der Waals surface area (Å²) in [4.78, 5) is 0. The molecule has 3 heteroatoms. The van der Waals surface area contributed by atoms with Crippen LogP contribution in [0.4, 0.5) is 0 Å². The average Bonchev–Trinajstić information content (AvgIpc) is 2.63. The highest BCUT2D eigenvalue weighted by atomic mass is 16.5. The molecule has 74 valence electrons. The van der Waals surface area contributed by atoms with Gasteiger partial charge in [0.15, 0.2) is 0 Å². The van der Waals surface area contributed by atoms with Crippen LogP contribution in [0.5, 0.6) is 5.75 Å². The van der Waals surface area contributed by atoms with Crippen molar-refractivity contribution in [2.45, 2.75) is 19.8 Å². The lowest BCUT2D eigenvalue weighted by Crippen LogP contribution is -1.99. The molecule has 1 aliphatic carbocycles. The number of ether oxygens (including phenoxy) is 1. The zero-order valence-electron chi connectivity index (χ0n) is 8.37. The molecular weight excluding hydrogens is 178 g/mol. The van der Waals surface area contributed by atoms with Crippen molar-refractivity contribution in [2.75, 3.05) is 7.11 Å². The second-order valence-corrected chi connectivity index (χ2v) is 3.48. The Morgan fingerprint density at radius 3 is 2.79 bits per heavy atom. The fourth-order valence-corrected chi connectivity index (χ4v) is 2.01. The standard InChI is InChI=1S/C11H13NO2/c1-7-3-6-10(14-2)11-8(7)4-5-9(11)12-13/h3,6,13H,4-5H2,1-2H3/b12-9+. The lowest BCUT2D eigenvalue weighted by molar-refractivity contribution is 0.318. The predicted octanol–water partition coefficient (Wildman–Crippen LogP) is 2.13. The van der Waals surface area contributed by atoms with Crippen LogP contribution in [0.1, 0.15) is 23.1 Å². The molecule has 0 saturated carbocycles. The first-order chi connectivity index (χ1) is 6.77. The van der Waals surface area contributed by atoms with Crippen molar-refractivity contribution in [1.29, 1.82) is 0 Å². The van der Waals surface area contributed by atoms with Gasteiger partial charge in [0.05, 0.1) is 12.8 Å². The number of nitrogens with zero attached hydrogens (tertiary/aromatic N) is 1. The molecule has 0 aliphatic heterocycles. The van der Waals surface area contributed by atoms with E-state index in [1.807, 2.05) is 12.1 Å². The third-order valence-corrected chi connectivity index (χ3v) is 2.75. The van der Waals surface area contributed by atoms with Crippen LogP contribution in [0.3, 0.4) is 0 Å². The minimum Gasteiger partial charge on any atom is -0.496 e. The van der Waals surface area contributed by atoms with E-state index in [9.17, 15) is 0 Å². The molecule has 2 rings (SSSR count). The van der Waals surface area contributed by atoms with Crippen molar-refractivity contribution < 1.29 is 9.94 Å². The summed E-state index contributed by atoms with van der Waals surface area (Å²) in [5.41, 5.74) is 4.20. The van der Waals surface area contributed by atoms with Crippen LogP contribution in [0.25, 0.3) is 0 Å². The van der Waals surface area contributed by atoms with Crippen LogP contribution in [-0.4, -0.2) is 18.0 Å². The molecule has 0 heterocycles. The summed E-state index contributed by atoms with van der Waals surface area (Å²) in [6.07, 6.45) is 1.74. The van der Waals surface area contributed by atoms with E-state index in [1.165, 1.54) is 11.1 Å². The van der Waals surface area contributed by atoms with Gasteiger partial charge in [-0.2, -0.15) is 0 Å². The molecule has 1 aliphatic rings. The Hall–Kier alpha value is -1.51. The Labute approximate surface area is 83.0 Å². The molecule has 0 unspecified atom stereocenters. The van der Waals surface area contributed by atoms with Crippen LogP contribution in [0, 0.1) is 6.92 Å². The molecule has 14 heavy (non-hydrogen) atoms. The molecule has 0 atom stereocenters. The maximum atomic E-state index is 8.86. The number of aryl methyl sites for hydroxylation is 1. The Bertz CT molecular complexity index is 397. The molecule has 1 N–H and O–H groups in total.